The third-order valence-corrected chi connectivity index (χ3v) is 5.48. The first-order valence-corrected chi connectivity index (χ1v) is 8.30. The van der Waals surface area contributed by atoms with Gasteiger partial charge in [0.1, 0.15) is 0 Å². The molecule has 0 radical (unpaired) electrons. The van der Waals surface area contributed by atoms with Crippen molar-refractivity contribution >= 4 is 11.6 Å². The number of alkyl halides is 1. The van der Waals surface area contributed by atoms with Crippen LogP contribution in [-0.4, -0.2) is 42.5 Å². The zero-order valence-corrected chi connectivity index (χ0v) is 12.6. The Bertz CT molecular complexity index is 239. The van der Waals surface area contributed by atoms with Crippen molar-refractivity contribution in [3.05, 3.63) is 0 Å². The minimum atomic E-state index is 0.257. The van der Waals surface area contributed by atoms with Crippen LogP contribution < -0.4 is 5.32 Å². The standard InChI is InChI=1S/C15H29ClN2/c1-18-12-6-3-7-14(18)8-11-17-15(13-16)9-4-2-5-10-15/h14,17H,2-13H2,1H3. The summed E-state index contributed by atoms with van der Waals surface area (Å²) >= 11 is 6.21. The van der Waals surface area contributed by atoms with Gasteiger partial charge in [0, 0.05) is 17.5 Å². The van der Waals surface area contributed by atoms with Gasteiger partial charge >= 0.3 is 0 Å². The Kier molecular flexibility index (Phi) is 5.78. The van der Waals surface area contributed by atoms with E-state index in [1.807, 2.05) is 0 Å². The van der Waals surface area contributed by atoms with Crippen molar-refractivity contribution in [1.82, 2.24) is 10.2 Å². The maximum absolute atomic E-state index is 6.21. The lowest BCUT2D eigenvalue weighted by Gasteiger charge is -2.38. The van der Waals surface area contributed by atoms with E-state index in [1.165, 1.54) is 64.3 Å². The first kappa shape index (κ1) is 14.6. The van der Waals surface area contributed by atoms with E-state index in [-0.39, 0.29) is 5.54 Å². The molecule has 1 saturated heterocycles. The molecule has 2 aliphatic rings. The molecular weight excluding hydrogens is 244 g/mol. The van der Waals surface area contributed by atoms with Crippen molar-refractivity contribution in [3.63, 3.8) is 0 Å². The number of hydrogen-bond acceptors (Lipinski definition) is 2. The van der Waals surface area contributed by atoms with E-state index < -0.39 is 0 Å². The highest BCUT2D eigenvalue weighted by Gasteiger charge is 2.30. The highest BCUT2D eigenvalue weighted by Crippen LogP contribution is 2.29. The zero-order valence-electron chi connectivity index (χ0n) is 11.9. The first-order valence-electron chi connectivity index (χ1n) is 7.77. The molecule has 1 aliphatic carbocycles. The van der Waals surface area contributed by atoms with Crippen LogP contribution in [0, 0.1) is 0 Å². The summed E-state index contributed by atoms with van der Waals surface area (Å²) in [6, 6.07) is 0.794. The molecule has 1 saturated carbocycles. The number of hydrogen-bond donors (Lipinski definition) is 1. The zero-order chi connectivity index (χ0) is 12.8. The van der Waals surface area contributed by atoms with Gasteiger partial charge in [0.25, 0.3) is 0 Å². The van der Waals surface area contributed by atoms with Crippen LogP contribution in [0.1, 0.15) is 57.8 Å². The predicted octanol–water partition coefficient (Wildman–Crippen LogP) is 3.39. The number of nitrogens with zero attached hydrogens (tertiary/aromatic N) is 1. The number of nitrogens with one attached hydrogen (secondary N) is 1. The second kappa shape index (κ2) is 7.12. The van der Waals surface area contributed by atoms with Crippen LogP contribution >= 0.6 is 11.6 Å². The SMILES string of the molecule is CN1CCCCC1CCNC1(CCl)CCCCC1. The third-order valence-electron chi connectivity index (χ3n) is 4.97. The Morgan fingerprint density at radius 2 is 1.94 bits per heavy atom. The van der Waals surface area contributed by atoms with Gasteiger partial charge in [0.2, 0.25) is 0 Å². The smallest absolute Gasteiger partial charge is 0.0406 e. The Balaban J connectivity index is 1.72. The van der Waals surface area contributed by atoms with E-state index in [0.717, 1.165) is 18.5 Å². The molecule has 0 spiro atoms. The molecule has 1 aliphatic heterocycles. The summed E-state index contributed by atoms with van der Waals surface area (Å²) in [5, 5.41) is 3.79. The molecule has 0 amide bonds. The van der Waals surface area contributed by atoms with Crippen LogP contribution in [-0.2, 0) is 0 Å². The second-order valence-corrected chi connectivity index (χ2v) is 6.59. The lowest BCUT2D eigenvalue weighted by molar-refractivity contribution is 0.167. The molecule has 0 aromatic carbocycles. The van der Waals surface area contributed by atoms with Crippen molar-refractivity contribution in [1.29, 1.82) is 0 Å². The van der Waals surface area contributed by atoms with Gasteiger partial charge in [0.15, 0.2) is 0 Å². The summed E-state index contributed by atoms with van der Waals surface area (Å²) in [6.07, 6.45) is 12.1. The van der Waals surface area contributed by atoms with Crippen molar-refractivity contribution < 1.29 is 0 Å². The number of halogens is 1. The molecular formula is C15H29ClN2. The predicted molar refractivity (Wildman–Crippen MR) is 79.4 cm³/mol. The lowest BCUT2D eigenvalue weighted by Crippen LogP contribution is -2.50. The van der Waals surface area contributed by atoms with Crippen LogP contribution in [0.3, 0.4) is 0 Å². The molecule has 0 aromatic rings. The summed E-state index contributed by atoms with van der Waals surface area (Å²) in [6.45, 7) is 2.42. The maximum atomic E-state index is 6.21. The minimum absolute atomic E-state index is 0.257. The van der Waals surface area contributed by atoms with Crippen LogP contribution in [0.15, 0.2) is 0 Å². The number of rotatable bonds is 5. The first-order chi connectivity index (χ1) is 8.76. The van der Waals surface area contributed by atoms with Gasteiger partial charge in [-0.15, -0.1) is 11.6 Å². The van der Waals surface area contributed by atoms with Crippen LogP contribution in [0.25, 0.3) is 0 Å². The number of piperidine rings is 1. The molecule has 2 rings (SSSR count). The fourth-order valence-corrected chi connectivity index (χ4v) is 3.96. The largest absolute Gasteiger partial charge is 0.310 e. The third kappa shape index (κ3) is 3.85. The Morgan fingerprint density at radius 3 is 2.61 bits per heavy atom. The summed E-state index contributed by atoms with van der Waals surface area (Å²) in [7, 11) is 2.28. The summed E-state index contributed by atoms with van der Waals surface area (Å²) < 4.78 is 0. The monoisotopic (exact) mass is 272 g/mol. The maximum Gasteiger partial charge on any atom is 0.0406 e. The van der Waals surface area contributed by atoms with E-state index in [1.54, 1.807) is 0 Å². The number of likely N-dealkylation sites (tertiary alicyclic amines) is 1. The van der Waals surface area contributed by atoms with Gasteiger partial charge in [-0.1, -0.05) is 25.7 Å². The normalized spacial score (nSPS) is 29.3. The van der Waals surface area contributed by atoms with Gasteiger partial charge in [-0.2, -0.15) is 0 Å². The summed E-state index contributed by atoms with van der Waals surface area (Å²) in [5.41, 5.74) is 0.257. The quantitative estimate of drug-likeness (QED) is 0.772. The van der Waals surface area contributed by atoms with Gasteiger partial charge in [0.05, 0.1) is 0 Å². The average molecular weight is 273 g/mol. The Labute approximate surface area is 117 Å². The Hall–Kier alpha value is 0.210. The van der Waals surface area contributed by atoms with Gasteiger partial charge in [-0.25, -0.2) is 0 Å². The van der Waals surface area contributed by atoms with Crippen molar-refractivity contribution in [2.75, 3.05) is 26.0 Å². The molecule has 0 aromatic heterocycles. The van der Waals surface area contributed by atoms with Crippen LogP contribution in [0.2, 0.25) is 0 Å². The van der Waals surface area contributed by atoms with E-state index in [0.29, 0.717) is 0 Å². The van der Waals surface area contributed by atoms with Gasteiger partial charge in [-0.05, 0) is 52.2 Å². The fourth-order valence-electron chi connectivity index (χ4n) is 3.60. The molecule has 1 N–H and O–H groups in total. The molecule has 106 valence electrons. The topological polar surface area (TPSA) is 15.3 Å². The second-order valence-electron chi connectivity index (χ2n) is 6.32. The lowest BCUT2D eigenvalue weighted by atomic mass is 9.83. The molecule has 1 heterocycles. The van der Waals surface area contributed by atoms with E-state index >= 15 is 0 Å². The van der Waals surface area contributed by atoms with Crippen molar-refractivity contribution in [2.45, 2.75) is 69.4 Å². The van der Waals surface area contributed by atoms with E-state index in [4.69, 9.17) is 11.6 Å². The highest BCUT2D eigenvalue weighted by molar-refractivity contribution is 6.18. The van der Waals surface area contributed by atoms with Crippen LogP contribution in [0.5, 0.6) is 0 Å². The molecule has 2 fully saturated rings. The molecule has 3 heteroatoms. The molecule has 1 unspecified atom stereocenters. The summed E-state index contributed by atoms with van der Waals surface area (Å²) in [4.78, 5) is 2.54. The van der Waals surface area contributed by atoms with E-state index in [9.17, 15) is 0 Å². The average Bonchev–Trinajstić information content (AvgIpc) is 2.42. The van der Waals surface area contributed by atoms with E-state index in [2.05, 4.69) is 17.3 Å². The molecule has 1 atom stereocenters. The summed E-state index contributed by atoms with van der Waals surface area (Å²) in [5.74, 6) is 0.785. The Morgan fingerprint density at radius 1 is 1.17 bits per heavy atom. The van der Waals surface area contributed by atoms with Crippen molar-refractivity contribution in [2.24, 2.45) is 0 Å². The fraction of sp³-hybridized carbons (Fsp3) is 1.00. The van der Waals surface area contributed by atoms with Gasteiger partial charge in [-0.3, -0.25) is 0 Å². The van der Waals surface area contributed by atoms with Gasteiger partial charge < -0.3 is 10.2 Å². The molecule has 18 heavy (non-hydrogen) atoms. The van der Waals surface area contributed by atoms with Crippen LogP contribution in [0.4, 0.5) is 0 Å². The minimum Gasteiger partial charge on any atom is -0.310 e. The molecule has 2 nitrogen and oxygen atoms in total. The molecule has 0 bridgehead atoms. The van der Waals surface area contributed by atoms with Crippen molar-refractivity contribution in [3.8, 4) is 0 Å². The highest BCUT2D eigenvalue weighted by atomic mass is 35.5.